The van der Waals surface area contributed by atoms with E-state index in [1.54, 1.807) is 42.6 Å². The van der Waals surface area contributed by atoms with E-state index in [0.29, 0.717) is 28.7 Å². The molecule has 1 fully saturated rings. The van der Waals surface area contributed by atoms with E-state index in [2.05, 4.69) is 26.6 Å². The molecule has 1 aromatic carbocycles. The lowest BCUT2D eigenvalue weighted by Gasteiger charge is -2.33. The van der Waals surface area contributed by atoms with Crippen molar-refractivity contribution < 1.29 is 4.79 Å². The summed E-state index contributed by atoms with van der Waals surface area (Å²) in [6.45, 7) is 2.29. The Morgan fingerprint density at radius 3 is 2.69 bits per heavy atom. The number of halogens is 1. The van der Waals surface area contributed by atoms with Gasteiger partial charge < -0.3 is 15.5 Å². The monoisotopic (exact) mass is 369 g/mol. The van der Waals surface area contributed by atoms with Crippen molar-refractivity contribution in [3.63, 3.8) is 0 Å². The molecular weight excluding hydrogens is 350 g/mol. The SMILES string of the molecule is N#Cc1cccnc1N1CCC(CNC(=O)Nc2ccc(Cl)cc2)CC1. The maximum Gasteiger partial charge on any atom is 0.319 e. The van der Waals surface area contributed by atoms with Crippen LogP contribution in [-0.2, 0) is 0 Å². The number of amides is 2. The van der Waals surface area contributed by atoms with Crippen LogP contribution in [-0.4, -0.2) is 30.6 Å². The van der Waals surface area contributed by atoms with Crippen molar-refractivity contribution >= 4 is 29.1 Å². The summed E-state index contributed by atoms with van der Waals surface area (Å²) in [5, 5.41) is 15.6. The number of nitriles is 1. The quantitative estimate of drug-likeness (QED) is 0.862. The Hall–Kier alpha value is -2.78. The number of rotatable bonds is 4. The van der Waals surface area contributed by atoms with Gasteiger partial charge in [0.25, 0.3) is 0 Å². The Labute approximate surface area is 157 Å². The van der Waals surface area contributed by atoms with E-state index in [4.69, 9.17) is 11.6 Å². The molecule has 0 spiro atoms. The number of carbonyl (C=O) groups excluding carboxylic acids is 1. The van der Waals surface area contributed by atoms with Gasteiger partial charge in [-0.1, -0.05) is 11.6 Å². The largest absolute Gasteiger partial charge is 0.356 e. The number of pyridine rings is 1. The van der Waals surface area contributed by atoms with Gasteiger partial charge in [0.1, 0.15) is 11.9 Å². The van der Waals surface area contributed by atoms with E-state index in [-0.39, 0.29) is 6.03 Å². The summed E-state index contributed by atoms with van der Waals surface area (Å²) in [5.41, 5.74) is 1.31. The van der Waals surface area contributed by atoms with Gasteiger partial charge in [0.05, 0.1) is 5.56 Å². The molecule has 2 heterocycles. The number of urea groups is 1. The molecule has 0 bridgehead atoms. The minimum absolute atomic E-state index is 0.216. The summed E-state index contributed by atoms with van der Waals surface area (Å²) < 4.78 is 0. The first-order chi connectivity index (χ1) is 12.7. The van der Waals surface area contributed by atoms with Gasteiger partial charge >= 0.3 is 6.03 Å². The number of aromatic nitrogens is 1. The Morgan fingerprint density at radius 2 is 2.00 bits per heavy atom. The van der Waals surface area contributed by atoms with Gasteiger partial charge in [-0.05, 0) is 55.2 Å². The zero-order chi connectivity index (χ0) is 18.4. The molecule has 1 aromatic heterocycles. The number of piperidine rings is 1. The van der Waals surface area contributed by atoms with Crippen molar-refractivity contribution in [2.75, 3.05) is 29.9 Å². The summed E-state index contributed by atoms with van der Waals surface area (Å²) in [6, 6.07) is 12.5. The molecule has 0 atom stereocenters. The molecule has 0 radical (unpaired) electrons. The van der Waals surface area contributed by atoms with Crippen LogP contribution in [0.4, 0.5) is 16.3 Å². The molecule has 134 valence electrons. The van der Waals surface area contributed by atoms with Crippen LogP contribution in [0.3, 0.4) is 0 Å². The highest BCUT2D eigenvalue weighted by Gasteiger charge is 2.22. The minimum Gasteiger partial charge on any atom is -0.356 e. The van der Waals surface area contributed by atoms with Crippen LogP contribution in [0.5, 0.6) is 0 Å². The molecule has 6 nitrogen and oxygen atoms in total. The predicted molar refractivity (Wildman–Crippen MR) is 102 cm³/mol. The van der Waals surface area contributed by atoms with Crippen LogP contribution in [0.1, 0.15) is 18.4 Å². The number of nitrogens with one attached hydrogen (secondary N) is 2. The van der Waals surface area contributed by atoms with Gasteiger partial charge in [0, 0.05) is 36.5 Å². The molecule has 3 rings (SSSR count). The second kappa shape index (κ2) is 8.54. The van der Waals surface area contributed by atoms with Crippen LogP contribution < -0.4 is 15.5 Å². The molecule has 7 heteroatoms. The van der Waals surface area contributed by atoms with Crippen molar-refractivity contribution in [1.82, 2.24) is 10.3 Å². The number of anilines is 2. The van der Waals surface area contributed by atoms with Crippen LogP contribution in [0.15, 0.2) is 42.6 Å². The highest BCUT2D eigenvalue weighted by molar-refractivity contribution is 6.30. The first-order valence-electron chi connectivity index (χ1n) is 8.56. The van der Waals surface area contributed by atoms with Crippen LogP contribution >= 0.6 is 11.6 Å². The van der Waals surface area contributed by atoms with E-state index in [0.717, 1.165) is 31.7 Å². The van der Waals surface area contributed by atoms with Crippen LogP contribution in [0, 0.1) is 17.2 Å². The Kier molecular flexibility index (Phi) is 5.92. The molecular formula is C19H20ClN5O. The number of nitrogens with zero attached hydrogens (tertiary/aromatic N) is 3. The highest BCUT2D eigenvalue weighted by Crippen LogP contribution is 2.23. The summed E-state index contributed by atoms with van der Waals surface area (Å²) in [7, 11) is 0. The molecule has 2 amide bonds. The average Bonchev–Trinajstić information content (AvgIpc) is 2.68. The van der Waals surface area contributed by atoms with Crippen molar-refractivity contribution in [3.05, 3.63) is 53.2 Å². The Morgan fingerprint density at radius 1 is 1.27 bits per heavy atom. The lowest BCUT2D eigenvalue weighted by molar-refractivity contribution is 0.248. The Balaban J connectivity index is 1.45. The van der Waals surface area contributed by atoms with E-state index < -0.39 is 0 Å². The van der Waals surface area contributed by atoms with Gasteiger partial charge in [-0.25, -0.2) is 9.78 Å². The predicted octanol–water partition coefficient (Wildman–Crippen LogP) is 3.64. The van der Waals surface area contributed by atoms with Crippen molar-refractivity contribution in [2.45, 2.75) is 12.8 Å². The van der Waals surface area contributed by atoms with Gasteiger partial charge in [-0.3, -0.25) is 0 Å². The minimum atomic E-state index is -0.216. The fourth-order valence-corrected chi connectivity index (χ4v) is 3.16. The van der Waals surface area contributed by atoms with Crippen molar-refractivity contribution in [1.29, 1.82) is 5.26 Å². The summed E-state index contributed by atoms with van der Waals surface area (Å²) in [4.78, 5) is 18.5. The van der Waals surface area contributed by atoms with Gasteiger partial charge in [-0.15, -0.1) is 0 Å². The number of hydrogen-bond acceptors (Lipinski definition) is 4. The van der Waals surface area contributed by atoms with E-state index in [1.807, 2.05) is 0 Å². The normalized spacial score (nSPS) is 14.5. The zero-order valence-electron chi connectivity index (χ0n) is 14.3. The first kappa shape index (κ1) is 18.0. The molecule has 2 aromatic rings. The lowest BCUT2D eigenvalue weighted by atomic mass is 9.96. The lowest BCUT2D eigenvalue weighted by Crippen LogP contribution is -2.40. The molecule has 1 aliphatic heterocycles. The third-order valence-electron chi connectivity index (χ3n) is 4.47. The molecule has 1 aliphatic rings. The van der Waals surface area contributed by atoms with Crippen molar-refractivity contribution in [3.8, 4) is 6.07 Å². The number of carbonyl (C=O) groups is 1. The third-order valence-corrected chi connectivity index (χ3v) is 4.73. The van der Waals surface area contributed by atoms with Gasteiger partial charge in [-0.2, -0.15) is 5.26 Å². The Bertz CT molecular complexity index is 794. The van der Waals surface area contributed by atoms with Crippen molar-refractivity contribution in [2.24, 2.45) is 5.92 Å². The average molecular weight is 370 g/mol. The second-order valence-electron chi connectivity index (χ2n) is 6.26. The standard InChI is InChI=1S/C19H20ClN5O/c20-16-3-5-17(6-4-16)24-19(26)23-13-14-7-10-25(11-8-14)18-15(12-21)2-1-9-22-18/h1-6,9,14H,7-8,10-11,13H2,(H2,23,24,26). The second-order valence-corrected chi connectivity index (χ2v) is 6.70. The first-order valence-corrected chi connectivity index (χ1v) is 8.94. The molecule has 0 saturated carbocycles. The van der Waals surface area contributed by atoms with Gasteiger partial charge in [0.15, 0.2) is 0 Å². The summed E-state index contributed by atoms with van der Waals surface area (Å²) in [6.07, 6.45) is 3.61. The fourth-order valence-electron chi connectivity index (χ4n) is 3.03. The van der Waals surface area contributed by atoms with E-state index in [1.165, 1.54) is 0 Å². The fraction of sp³-hybridized carbons (Fsp3) is 0.316. The molecule has 26 heavy (non-hydrogen) atoms. The highest BCUT2D eigenvalue weighted by atomic mass is 35.5. The third kappa shape index (κ3) is 4.64. The zero-order valence-corrected chi connectivity index (χ0v) is 15.0. The summed E-state index contributed by atoms with van der Waals surface area (Å²) in [5.74, 6) is 1.17. The smallest absolute Gasteiger partial charge is 0.319 e. The van der Waals surface area contributed by atoms with Gasteiger partial charge in [0.2, 0.25) is 0 Å². The molecule has 0 aliphatic carbocycles. The number of benzene rings is 1. The molecule has 0 unspecified atom stereocenters. The van der Waals surface area contributed by atoms with Crippen LogP contribution in [0.2, 0.25) is 5.02 Å². The molecule has 1 saturated heterocycles. The maximum atomic E-state index is 12.0. The maximum absolute atomic E-state index is 12.0. The topological polar surface area (TPSA) is 81.1 Å². The van der Waals surface area contributed by atoms with Crippen LogP contribution in [0.25, 0.3) is 0 Å². The molecule has 2 N–H and O–H groups in total. The van der Waals surface area contributed by atoms with E-state index >= 15 is 0 Å². The number of hydrogen-bond donors (Lipinski definition) is 2. The van der Waals surface area contributed by atoms with E-state index in [9.17, 15) is 10.1 Å². The summed E-state index contributed by atoms with van der Waals surface area (Å²) >= 11 is 5.83.